The molecule has 1 aliphatic carbocycles. The van der Waals surface area contributed by atoms with E-state index in [0.29, 0.717) is 17.5 Å². The van der Waals surface area contributed by atoms with Crippen LogP contribution in [0.15, 0.2) is 60.8 Å². The summed E-state index contributed by atoms with van der Waals surface area (Å²) < 4.78 is 5.65. The maximum Gasteiger partial charge on any atom is 0.407 e. The summed E-state index contributed by atoms with van der Waals surface area (Å²) in [5.74, 6) is 2.24. The molecular formula is C30H37ClN6O2. The second-order valence-electron chi connectivity index (χ2n) is 10.4. The Balaban J connectivity index is 1.11. The molecule has 1 saturated heterocycles. The summed E-state index contributed by atoms with van der Waals surface area (Å²) in [6.45, 7) is 3.53. The van der Waals surface area contributed by atoms with Crippen molar-refractivity contribution < 1.29 is 9.53 Å². The van der Waals surface area contributed by atoms with Gasteiger partial charge < -0.3 is 26.0 Å². The van der Waals surface area contributed by atoms with E-state index in [9.17, 15) is 4.79 Å². The number of hydrogen-bond acceptors (Lipinski definition) is 7. The first kappa shape index (κ1) is 27.2. The molecule has 2 aromatic heterocycles. The molecule has 206 valence electrons. The Labute approximate surface area is 235 Å². The Morgan fingerprint density at radius 2 is 1.87 bits per heavy atom. The lowest BCUT2D eigenvalue weighted by Gasteiger charge is -2.29. The van der Waals surface area contributed by atoms with Gasteiger partial charge in [0.1, 0.15) is 17.7 Å². The van der Waals surface area contributed by atoms with Gasteiger partial charge in [0.25, 0.3) is 0 Å². The van der Waals surface area contributed by atoms with E-state index >= 15 is 0 Å². The van der Waals surface area contributed by atoms with Gasteiger partial charge >= 0.3 is 6.09 Å². The molecule has 0 bridgehead atoms. The zero-order valence-electron chi connectivity index (χ0n) is 22.2. The number of piperidine rings is 1. The SMILES string of the molecule is O=C(NCc1ccccc1)O[C@H]1CC[C@H](Nc2cc(-c3cccc(NC[C@H]4CCCNC4)n3)c(Cl)cn2)CC1. The molecule has 9 heteroatoms. The summed E-state index contributed by atoms with van der Waals surface area (Å²) in [7, 11) is 0. The van der Waals surface area contributed by atoms with Gasteiger partial charge in [-0.25, -0.2) is 14.8 Å². The first-order chi connectivity index (χ1) is 19.1. The lowest BCUT2D eigenvalue weighted by Crippen LogP contribution is -2.34. The zero-order valence-corrected chi connectivity index (χ0v) is 22.9. The van der Waals surface area contributed by atoms with E-state index in [1.54, 1.807) is 6.20 Å². The molecule has 1 saturated carbocycles. The number of ether oxygens (including phenoxy) is 1. The maximum atomic E-state index is 12.2. The first-order valence-corrected chi connectivity index (χ1v) is 14.3. The van der Waals surface area contributed by atoms with Gasteiger partial charge in [0.05, 0.1) is 10.7 Å². The van der Waals surface area contributed by atoms with E-state index in [0.717, 1.165) is 73.8 Å². The van der Waals surface area contributed by atoms with Crippen molar-refractivity contribution in [2.45, 2.75) is 57.2 Å². The number of alkyl carbamates (subject to hydrolysis) is 1. The fourth-order valence-corrected chi connectivity index (χ4v) is 5.44. The van der Waals surface area contributed by atoms with Crippen molar-refractivity contribution in [1.29, 1.82) is 0 Å². The van der Waals surface area contributed by atoms with Gasteiger partial charge in [0.15, 0.2) is 0 Å². The predicted octanol–water partition coefficient (Wildman–Crippen LogP) is 5.86. The number of benzene rings is 1. The Morgan fingerprint density at radius 1 is 1.03 bits per heavy atom. The third-order valence-electron chi connectivity index (χ3n) is 7.43. The van der Waals surface area contributed by atoms with Crippen LogP contribution in [0.1, 0.15) is 44.1 Å². The van der Waals surface area contributed by atoms with Crippen LogP contribution in [0, 0.1) is 5.92 Å². The third-order valence-corrected chi connectivity index (χ3v) is 7.73. The Hall–Kier alpha value is -3.36. The number of pyridine rings is 2. The summed E-state index contributed by atoms with van der Waals surface area (Å²) in [6.07, 6.45) is 7.11. The number of halogens is 1. The van der Waals surface area contributed by atoms with Gasteiger partial charge in [-0.1, -0.05) is 48.0 Å². The van der Waals surface area contributed by atoms with E-state index in [-0.39, 0.29) is 18.2 Å². The quantitative estimate of drug-likeness (QED) is 0.266. The largest absolute Gasteiger partial charge is 0.446 e. The second kappa shape index (κ2) is 13.6. The van der Waals surface area contributed by atoms with Crippen molar-refractivity contribution in [3.05, 3.63) is 71.4 Å². The molecule has 2 aliphatic rings. The van der Waals surface area contributed by atoms with Crippen molar-refractivity contribution in [2.75, 3.05) is 30.3 Å². The van der Waals surface area contributed by atoms with E-state index in [2.05, 4.69) is 26.3 Å². The predicted molar refractivity (Wildman–Crippen MR) is 156 cm³/mol. The molecule has 1 amide bonds. The summed E-state index contributed by atoms with van der Waals surface area (Å²) in [5.41, 5.74) is 2.72. The molecule has 1 atom stereocenters. The molecule has 5 rings (SSSR count). The smallest absolute Gasteiger partial charge is 0.407 e. The number of rotatable bonds is 9. The number of anilines is 2. The lowest BCUT2D eigenvalue weighted by atomic mass is 9.93. The van der Waals surface area contributed by atoms with E-state index in [1.165, 1.54) is 12.8 Å². The number of nitrogens with one attached hydrogen (secondary N) is 4. The van der Waals surface area contributed by atoms with Gasteiger partial charge in [-0.2, -0.15) is 0 Å². The standard InChI is InChI=1S/C30H37ClN6O2/c31-26-20-34-29(16-25(26)27-9-4-10-28(37-27)33-19-22-8-5-15-32-17-22)36-23-11-13-24(14-12-23)39-30(38)35-18-21-6-2-1-3-7-21/h1-4,6-7,9-10,16,20,22-24,32H,5,8,11-15,17-19H2,(H,33,37)(H,34,36)(H,35,38)/t22-,23-,24-/m0/s1. The first-order valence-electron chi connectivity index (χ1n) is 13.9. The van der Waals surface area contributed by atoms with Crippen LogP contribution in [0.5, 0.6) is 0 Å². The van der Waals surface area contributed by atoms with Crippen molar-refractivity contribution in [2.24, 2.45) is 5.92 Å². The molecule has 4 N–H and O–H groups in total. The van der Waals surface area contributed by atoms with E-state index in [1.807, 2.05) is 54.6 Å². The number of amides is 1. The monoisotopic (exact) mass is 548 g/mol. The van der Waals surface area contributed by atoms with Crippen molar-refractivity contribution in [3.63, 3.8) is 0 Å². The highest BCUT2D eigenvalue weighted by molar-refractivity contribution is 6.33. The van der Waals surface area contributed by atoms with E-state index < -0.39 is 0 Å². The fourth-order valence-electron chi connectivity index (χ4n) is 5.24. The molecule has 0 unspecified atom stereocenters. The second-order valence-corrected chi connectivity index (χ2v) is 10.8. The average molecular weight is 549 g/mol. The highest BCUT2D eigenvalue weighted by atomic mass is 35.5. The van der Waals surface area contributed by atoms with Crippen LogP contribution >= 0.6 is 11.6 Å². The van der Waals surface area contributed by atoms with Crippen molar-refractivity contribution >= 4 is 29.3 Å². The lowest BCUT2D eigenvalue weighted by molar-refractivity contribution is 0.0728. The zero-order chi connectivity index (χ0) is 26.9. The molecule has 3 heterocycles. The Kier molecular flexibility index (Phi) is 9.51. The van der Waals surface area contributed by atoms with E-state index in [4.69, 9.17) is 21.3 Å². The summed E-state index contributed by atoms with van der Waals surface area (Å²) >= 11 is 6.54. The molecule has 3 aromatic rings. The van der Waals surface area contributed by atoms with Gasteiger partial charge in [-0.05, 0) is 81.3 Å². The Morgan fingerprint density at radius 3 is 2.67 bits per heavy atom. The number of aromatic nitrogens is 2. The number of carbonyl (C=O) groups is 1. The van der Waals surface area contributed by atoms with Crippen LogP contribution in [-0.4, -0.2) is 47.8 Å². The number of carbonyl (C=O) groups excluding carboxylic acids is 1. The van der Waals surface area contributed by atoms with Crippen LogP contribution in [0.25, 0.3) is 11.3 Å². The molecule has 0 spiro atoms. The average Bonchev–Trinajstić information content (AvgIpc) is 2.98. The minimum atomic E-state index is -0.362. The molecule has 8 nitrogen and oxygen atoms in total. The van der Waals surface area contributed by atoms with Crippen molar-refractivity contribution in [3.8, 4) is 11.3 Å². The number of hydrogen-bond donors (Lipinski definition) is 4. The van der Waals surface area contributed by atoms with Crippen LogP contribution in [0.3, 0.4) is 0 Å². The maximum absolute atomic E-state index is 12.2. The van der Waals surface area contributed by atoms with Crippen LogP contribution in [0.2, 0.25) is 5.02 Å². The molecule has 39 heavy (non-hydrogen) atoms. The minimum Gasteiger partial charge on any atom is -0.446 e. The minimum absolute atomic E-state index is 0.0728. The highest BCUT2D eigenvalue weighted by Crippen LogP contribution is 2.30. The number of nitrogens with zero attached hydrogens (tertiary/aromatic N) is 2. The molecular weight excluding hydrogens is 512 g/mol. The fraction of sp³-hybridized carbons (Fsp3) is 0.433. The molecule has 2 fully saturated rings. The highest BCUT2D eigenvalue weighted by Gasteiger charge is 2.24. The molecule has 1 aliphatic heterocycles. The van der Waals surface area contributed by atoms with Crippen LogP contribution in [-0.2, 0) is 11.3 Å². The topological polar surface area (TPSA) is 100 Å². The normalized spacial score (nSPS) is 21.1. The molecule has 1 aromatic carbocycles. The Bertz CT molecular complexity index is 1210. The van der Waals surface area contributed by atoms with Gasteiger partial charge in [0.2, 0.25) is 0 Å². The van der Waals surface area contributed by atoms with Crippen LogP contribution in [0.4, 0.5) is 16.4 Å². The summed E-state index contributed by atoms with van der Waals surface area (Å²) in [4.78, 5) is 21.6. The molecule has 0 radical (unpaired) electrons. The van der Waals surface area contributed by atoms with Crippen molar-refractivity contribution in [1.82, 2.24) is 20.6 Å². The van der Waals surface area contributed by atoms with Gasteiger partial charge in [-0.15, -0.1) is 0 Å². The van der Waals surface area contributed by atoms with Gasteiger partial charge in [0, 0.05) is 30.9 Å². The van der Waals surface area contributed by atoms with Crippen LogP contribution < -0.4 is 21.3 Å². The van der Waals surface area contributed by atoms with Gasteiger partial charge in [-0.3, -0.25) is 0 Å². The third kappa shape index (κ3) is 8.07. The summed E-state index contributed by atoms with van der Waals surface area (Å²) in [6, 6.07) is 18.0. The summed E-state index contributed by atoms with van der Waals surface area (Å²) in [5, 5.41) is 13.9.